The second-order valence-electron chi connectivity index (χ2n) is 4.81. The summed E-state index contributed by atoms with van der Waals surface area (Å²) in [4.78, 5) is 11.3. The fourth-order valence-electron chi connectivity index (χ4n) is 1.97. The van der Waals surface area contributed by atoms with Crippen molar-refractivity contribution in [2.24, 2.45) is 0 Å². The van der Waals surface area contributed by atoms with Gasteiger partial charge in [-0.1, -0.05) is 24.3 Å². The van der Waals surface area contributed by atoms with E-state index in [-0.39, 0.29) is 11.5 Å². The van der Waals surface area contributed by atoms with Gasteiger partial charge in [-0.15, -0.1) is 0 Å². The molecule has 0 bridgehead atoms. The molecule has 1 unspecified atom stereocenters. The van der Waals surface area contributed by atoms with Gasteiger partial charge in [-0.25, -0.2) is 0 Å². The molecule has 5 heteroatoms. The van der Waals surface area contributed by atoms with Crippen molar-refractivity contribution >= 4 is 5.97 Å². The summed E-state index contributed by atoms with van der Waals surface area (Å²) in [6, 6.07) is 12.4. The van der Waals surface area contributed by atoms with Crippen LogP contribution in [0.25, 0.3) is 0 Å². The van der Waals surface area contributed by atoms with Crippen molar-refractivity contribution in [1.29, 1.82) is 0 Å². The number of aliphatic carboxylic acids is 1. The summed E-state index contributed by atoms with van der Waals surface area (Å²) in [6.45, 7) is 0.398. The fourth-order valence-corrected chi connectivity index (χ4v) is 1.97. The highest BCUT2D eigenvalue weighted by Crippen LogP contribution is 2.13. The van der Waals surface area contributed by atoms with Gasteiger partial charge in [0.2, 0.25) is 0 Å². The predicted molar refractivity (Wildman–Crippen MR) is 78.2 cm³/mol. The number of rotatable bonds is 6. The minimum Gasteiger partial charge on any atom is -0.508 e. The summed E-state index contributed by atoms with van der Waals surface area (Å²) < 4.78 is 0. The lowest BCUT2D eigenvalue weighted by Gasteiger charge is -2.14. The molecule has 0 saturated carbocycles. The van der Waals surface area contributed by atoms with E-state index >= 15 is 0 Å². The summed E-state index contributed by atoms with van der Waals surface area (Å²) in [5, 5.41) is 30.7. The molecule has 21 heavy (non-hydrogen) atoms. The van der Waals surface area contributed by atoms with Crippen molar-refractivity contribution in [3.05, 3.63) is 59.7 Å². The van der Waals surface area contributed by atoms with E-state index in [1.807, 2.05) is 0 Å². The number of phenols is 2. The number of phenolic OH excluding ortho intramolecular Hbond substituents is 2. The third-order valence-corrected chi connectivity index (χ3v) is 3.16. The van der Waals surface area contributed by atoms with Crippen LogP contribution in [0.4, 0.5) is 0 Å². The number of nitrogens with one attached hydrogen (secondary N) is 1. The maximum atomic E-state index is 11.3. The average Bonchev–Trinajstić information content (AvgIpc) is 2.47. The highest BCUT2D eigenvalue weighted by atomic mass is 16.4. The minimum atomic E-state index is -0.929. The second kappa shape index (κ2) is 6.76. The molecule has 0 radical (unpaired) electrons. The molecule has 0 spiro atoms. The number of hydrogen-bond acceptors (Lipinski definition) is 4. The van der Waals surface area contributed by atoms with Crippen LogP contribution in [0, 0.1) is 0 Å². The second-order valence-corrected chi connectivity index (χ2v) is 4.81. The summed E-state index contributed by atoms with van der Waals surface area (Å²) in [6.07, 6.45) is 0.327. The lowest BCUT2D eigenvalue weighted by Crippen LogP contribution is -2.38. The summed E-state index contributed by atoms with van der Waals surface area (Å²) in [5.74, 6) is -0.595. The molecule has 0 aromatic heterocycles. The number of carboxylic acids is 1. The first-order valence-electron chi connectivity index (χ1n) is 6.56. The Balaban J connectivity index is 1.97. The van der Waals surface area contributed by atoms with Gasteiger partial charge in [0.05, 0.1) is 0 Å². The van der Waals surface area contributed by atoms with E-state index in [1.54, 1.807) is 36.4 Å². The number of carbonyl (C=O) groups is 1. The Hall–Kier alpha value is -2.53. The number of aromatic hydroxyl groups is 2. The molecule has 0 saturated heterocycles. The quantitative estimate of drug-likeness (QED) is 0.651. The van der Waals surface area contributed by atoms with Crippen LogP contribution < -0.4 is 5.32 Å². The third kappa shape index (κ3) is 4.50. The summed E-state index contributed by atoms with van der Waals surface area (Å²) in [7, 11) is 0. The van der Waals surface area contributed by atoms with Gasteiger partial charge in [-0.3, -0.25) is 4.79 Å². The standard InChI is InChI=1S/C16H17NO4/c18-13-5-1-11(2-6-13)9-15(16(20)21)17-10-12-3-7-14(19)8-4-12/h1-8,15,17-19H,9-10H2,(H,20,21). The van der Waals surface area contributed by atoms with E-state index in [0.29, 0.717) is 13.0 Å². The molecule has 1 atom stereocenters. The van der Waals surface area contributed by atoms with E-state index in [4.69, 9.17) is 0 Å². The fraction of sp³-hybridized carbons (Fsp3) is 0.188. The van der Waals surface area contributed by atoms with Crippen molar-refractivity contribution < 1.29 is 20.1 Å². The van der Waals surface area contributed by atoms with Gasteiger partial charge in [0, 0.05) is 6.54 Å². The Morgan fingerprint density at radius 2 is 1.38 bits per heavy atom. The lowest BCUT2D eigenvalue weighted by molar-refractivity contribution is -0.139. The lowest BCUT2D eigenvalue weighted by atomic mass is 10.1. The molecule has 2 aromatic rings. The van der Waals surface area contributed by atoms with E-state index in [0.717, 1.165) is 11.1 Å². The molecule has 2 rings (SSSR count). The number of benzene rings is 2. The van der Waals surface area contributed by atoms with Gasteiger partial charge in [-0.05, 0) is 41.8 Å². The van der Waals surface area contributed by atoms with Crippen molar-refractivity contribution in [1.82, 2.24) is 5.32 Å². The molecule has 5 nitrogen and oxygen atoms in total. The molecule has 0 fully saturated rings. The Morgan fingerprint density at radius 1 is 0.905 bits per heavy atom. The summed E-state index contributed by atoms with van der Waals surface area (Å²) in [5.41, 5.74) is 1.73. The van der Waals surface area contributed by atoms with E-state index in [2.05, 4.69) is 5.32 Å². The first-order chi connectivity index (χ1) is 10.0. The highest BCUT2D eigenvalue weighted by molar-refractivity contribution is 5.73. The zero-order chi connectivity index (χ0) is 15.2. The summed E-state index contributed by atoms with van der Waals surface area (Å²) >= 11 is 0. The van der Waals surface area contributed by atoms with Gasteiger partial charge in [0.15, 0.2) is 0 Å². The van der Waals surface area contributed by atoms with Gasteiger partial charge in [0.25, 0.3) is 0 Å². The van der Waals surface area contributed by atoms with Gasteiger partial charge in [0.1, 0.15) is 17.5 Å². The highest BCUT2D eigenvalue weighted by Gasteiger charge is 2.17. The van der Waals surface area contributed by atoms with Crippen molar-refractivity contribution in [3.63, 3.8) is 0 Å². The molecule has 0 aliphatic carbocycles. The molecule has 0 amide bonds. The first-order valence-corrected chi connectivity index (χ1v) is 6.56. The van der Waals surface area contributed by atoms with Gasteiger partial charge in [-0.2, -0.15) is 0 Å². The Labute approximate surface area is 122 Å². The monoisotopic (exact) mass is 287 g/mol. The molecular weight excluding hydrogens is 270 g/mol. The SMILES string of the molecule is O=C(O)C(Cc1ccc(O)cc1)NCc1ccc(O)cc1. The van der Waals surface area contributed by atoms with Crippen LogP contribution in [-0.4, -0.2) is 27.3 Å². The normalized spacial score (nSPS) is 12.0. The maximum Gasteiger partial charge on any atom is 0.321 e. The maximum absolute atomic E-state index is 11.3. The molecule has 0 heterocycles. The van der Waals surface area contributed by atoms with Crippen LogP contribution >= 0.6 is 0 Å². The van der Waals surface area contributed by atoms with Crippen LogP contribution in [0.5, 0.6) is 11.5 Å². The van der Waals surface area contributed by atoms with Crippen molar-refractivity contribution in [2.45, 2.75) is 19.0 Å². The van der Waals surface area contributed by atoms with Crippen LogP contribution in [0.1, 0.15) is 11.1 Å². The third-order valence-electron chi connectivity index (χ3n) is 3.16. The topological polar surface area (TPSA) is 89.8 Å². The predicted octanol–water partition coefficient (Wildman–Crippen LogP) is 1.88. The van der Waals surface area contributed by atoms with E-state index in [9.17, 15) is 20.1 Å². The van der Waals surface area contributed by atoms with Gasteiger partial charge >= 0.3 is 5.97 Å². The van der Waals surface area contributed by atoms with Crippen LogP contribution in [-0.2, 0) is 17.8 Å². The number of carboxylic acid groups (broad SMARTS) is 1. The van der Waals surface area contributed by atoms with Crippen molar-refractivity contribution in [2.75, 3.05) is 0 Å². The molecule has 0 aliphatic heterocycles. The first kappa shape index (κ1) is 14.9. The Kier molecular flexibility index (Phi) is 4.79. The zero-order valence-electron chi connectivity index (χ0n) is 11.4. The molecule has 2 aromatic carbocycles. The molecule has 110 valence electrons. The average molecular weight is 287 g/mol. The van der Waals surface area contributed by atoms with Crippen molar-refractivity contribution in [3.8, 4) is 11.5 Å². The van der Waals surface area contributed by atoms with Crippen LogP contribution in [0.15, 0.2) is 48.5 Å². The largest absolute Gasteiger partial charge is 0.508 e. The van der Waals surface area contributed by atoms with E-state index < -0.39 is 12.0 Å². The molecule has 4 N–H and O–H groups in total. The van der Waals surface area contributed by atoms with Crippen LogP contribution in [0.3, 0.4) is 0 Å². The Morgan fingerprint density at radius 3 is 1.86 bits per heavy atom. The van der Waals surface area contributed by atoms with Crippen LogP contribution in [0.2, 0.25) is 0 Å². The molecule has 0 aliphatic rings. The smallest absolute Gasteiger partial charge is 0.321 e. The zero-order valence-corrected chi connectivity index (χ0v) is 11.4. The molecular formula is C16H17NO4. The Bertz CT molecular complexity index is 593. The van der Waals surface area contributed by atoms with Gasteiger partial charge < -0.3 is 20.6 Å². The number of hydrogen-bond donors (Lipinski definition) is 4. The van der Waals surface area contributed by atoms with E-state index in [1.165, 1.54) is 12.1 Å². The minimum absolute atomic E-state index is 0.155.